The number of hydrogen-bond donors (Lipinski definition) is 1. The van der Waals surface area contributed by atoms with Crippen molar-refractivity contribution >= 4 is 12.3 Å². The van der Waals surface area contributed by atoms with Crippen LogP contribution in [0.1, 0.15) is 12.5 Å². The summed E-state index contributed by atoms with van der Waals surface area (Å²) >= 11 is 0. The number of carbonyl (C=O) groups is 1. The van der Waals surface area contributed by atoms with Gasteiger partial charge in [0.05, 0.1) is 25.6 Å². The molecule has 0 radical (unpaired) electrons. The van der Waals surface area contributed by atoms with Crippen molar-refractivity contribution in [1.29, 1.82) is 0 Å². The first-order chi connectivity index (χ1) is 13.2. The molecule has 0 bridgehead atoms. The molecule has 0 atom stereocenters. The van der Waals surface area contributed by atoms with Gasteiger partial charge >= 0.3 is 6.09 Å². The Morgan fingerprint density at radius 3 is 2.59 bits per heavy atom. The summed E-state index contributed by atoms with van der Waals surface area (Å²) in [5.74, 6) is 0.764. The van der Waals surface area contributed by atoms with E-state index in [9.17, 15) is 4.79 Å². The molecule has 3 aromatic rings. The molecule has 0 saturated carbocycles. The number of amides is 1. The molecule has 0 aliphatic heterocycles. The standard InChI is InChI=1S/C20H20N4O3/c1-3-27-20(25)22-21-13-16-14-24(17-7-5-4-6-8-17)23-19(16)15-9-11-18(26-2)12-10-15/h4-14H,3H2,1-2H3,(H,22,25)/b21-13+. The van der Waals surface area contributed by atoms with E-state index in [1.165, 1.54) is 0 Å². The Morgan fingerprint density at radius 1 is 1.19 bits per heavy atom. The minimum atomic E-state index is -0.602. The number of rotatable bonds is 6. The highest BCUT2D eigenvalue weighted by Crippen LogP contribution is 2.24. The minimum absolute atomic E-state index is 0.282. The molecule has 1 aromatic heterocycles. The summed E-state index contributed by atoms with van der Waals surface area (Å²) in [5, 5.41) is 8.64. The maximum absolute atomic E-state index is 11.4. The highest BCUT2D eigenvalue weighted by Gasteiger charge is 2.11. The fraction of sp³-hybridized carbons (Fsp3) is 0.150. The minimum Gasteiger partial charge on any atom is -0.497 e. The van der Waals surface area contributed by atoms with E-state index in [4.69, 9.17) is 9.47 Å². The Kier molecular flexibility index (Phi) is 5.84. The lowest BCUT2D eigenvalue weighted by atomic mass is 10.1. The quantitative estimate of drug-likeness (QED) is 0.535. The second-order valence-electron chi connectivity index (χ2n) is 5.53. The van der Waals surface area contributed by atoms with Gasteiger partial charge in [0.1, 0.15) is 11.4 Å². The van der Waals surface area contributed by atoms with Crippen molar-refractivity contribution in [3.05, 3.63) is 66.4 Å². The highest BCUT2D eigenvalue weighted by molar-refractivity contribution is 5.89. The zero-order chi connectivity index (χ0) is 19.1. The summed E-state index contributed by atoms with van der Waals surface area (Å²) in [6.45, 7) is 2.01. The molecule has 1 N–H and O–H groups in total. The topological polar surface area (TPSA) is 77.7 Å². The van der Waals surface area contributed by atoms with Crippen LogP contribution in [0.25, 0.3) is 16.9 Å². The third-order valence-corrected chi connectivity index (χ3v) is 3.76. The third-order valence-electron chi connectivity index (χ3n) is 3.76. The number of aromatic nitrogens is 2. The molecule has 1 heterocycles. The van der Waals surface area contributed by atoms with Gasteiger partial charge in [0, 0.05) is 17.3 Å². The lowest BCUT2D eigenvalue weighted by molar-refractivity contribution is 0.152. The van der Waals surface area contributed by atoms with Crippen LogP contribution in [0, 0.1) is 0 Å². The average molecular weight is 364 g/mol. The number of hydrogen-bond acceptors (Lipinski definition) is 5. The number of nitrogens with zero attached hydrogens (tertiary/aromatic N) is 3. The molecular formula is C20H20N4O3. The molecule has 0 saturated heterocycles. The van der Waals surface area contributed by atoms with Crippen molar-refractivity contribution in [3.8, 4) is 22.7 Å². The van der Waals surface area contributed by atoms with Crippen LogP contribution in [0.2, 0.25) is 0 Å². The van der Waals surface area contributed by atoms with Gasteiger partial charge in [0.2, 0.25) is 0 Å². The van der Waals surface area contributed by atoms with Crippen LogP contribution in [-0.4, -0.2) is 35.8 Å². The van der Waals surface area contributed by atoms with Crippen molar-refractivity contribution < 1.29 is 14.3 Å². The van der Waals surface area contributed by atoms with Crippen LogP contribution < -0.4 is 10.2 Å². The van der Waals surface area contributed by atoms with Gasteiger partial charge < -0.3 is 9.47 Å². The zero-order valence-electron chi connectivity index (χ0n) is 15.1. The van der Waals surface area contributed by atoms with Crippen LogP contribution >= 0.6 is 0 Å². The smallest absolute Gasteiger partial charge is 0.427 e. The maximum atomic E-state index is 11.4. The molecule has 138 valence electrons. The average Bonchev–Trinajstić information content (AvgIpc) is 3.13. The summed E-state index contributed by atoms with van der Waals surface area (Å²) in [5.41, 5.74) is 5.64. The summed E-state index contributed by atoms with van der Waals surface area (Å²) in [7, 11) is 1.62. The van der Waals surface area contributed by atoms with E-state index in [-0.39, 0.29) is 6.61 Å². The first kappa shape index (κ1) is 18.2. The van der Waals surface area contributed by atoms with Crippen LogP contribution in [0.3, 0.4) is 0 Å². The van der Waals surface area contributed by atoms with E-state index in [0.717, 1.165) is 28.3 Å². The zero-order valence-corrected chi connectivity index (χ0v) is 15.1. The molecule has 0 aliphatic carbocycles. The second kappa shape index (κ2) is 8.66. The Morgan fingerprint density at radius 2 is 1.93 bits per heavy atom. The number of carbonyl (C=O) groups excluding carboxylic acids is 1. The van der Waals surface area contributed by atoms with Crippen LogP contribution in [0.15, 0.2) is 65.9 Å². The van der Waals surface area contributed by atoms with Gasteiger partial charge in [-0.2, -0.15) is 10.2 Å². The molecule has 2 aromatic carbocycles. The fourth-order valence-electron chi connectivity index (χ4n) is 2.49. The molecule has 0 spiro atoms. The first-order valence-corrected chi connectivity index (χ1v) is 8.46. The van der Waals surface area contributed by atoms with E-state index in [1.54, 1.807) is 24.9 Å². The number of benzene rings is 2. The van der Waals surface area contributed by atoms with Crippen molar-refractivity contribution in [3.63, 3.8) is 0 Å². The summed E-state index contributed by atoms with van der Waals surface area (Å²) < 4.78 is 11.8. The van der Waals surface area contributed by atoms with Crippen LogP contribution in [-0.2, 0) is 4.74 Å². The number of ether oxygens (including phenoxy) is 2. The van der Waals surface area contributed by atoms with E-state index in [2.05, 4.69) is 15.6 Å². The summed E-state index contributed by atoms with van der Waals surface area (Å²) in [4.78, 5) is 11.4. The van der Waals surface area contributed by atoms with Gasteiger partial charge in [-0.1, -0.05) is 18.2 Å². The largest absolute Gasteiger partial charge is 0.497 e. The van der Waals surface area contributed by atoms with E-state index < -0.39 is 6.09 Å². The molecule has 27 heavy (non-hydrogen) atoms. The predicted molar refractivity (Wildman–Crippen MR) is 103 cm³/mol. The number of methoxy groups -OCH3 is 1. The van der Waals surface area contributed by atoms with Gasteiger partial charge in [-0.3, -0.25) is 0 Å². The summed E-state index contributed by atoms with van der Waals surface area (Å²) in [6, 6.07) is 17.3. The molecule has 7 nitrogen and oxygen atoms in total. The normalized spacial score (nSPS) is 10.7. The monoisotopic (exact) mass is 364 g/mol. The van der Waals surface area contributed by atoms with Gasteiger partial charge in [-0.15, -0.1) is 0 Å². The Bertz CT molecular complexity index is 918. The highest BCUT2D eigenvalue weighted by atomic mass is 16.5. The first-order valence-electron chi connectivity index (χ1n) is 8.46. The number of para-hydroxylation sites is 1. The molecule has 0 unspecified atom stereocenters. The van der Waals surface area contributed by atoms with Crippen molar-refractivity contribution in [2.24, 2.45) is 5.10 Å². The van der Waals surface area contributed by atoms with Crippen LogP contribution in [0.5, 0.6) is 5.75 Å². The maximum Gasteiger partial charge on any atom is 0.427 e. The van der Waals surface area contributed by atoms with E-state index in [1.807, 2.05) is 60.8 Å². The third kappa shape index (κ3) is 4.52. The molecular weight excluding hydrogens is 344 g/mol. The van der Waals surface area contributed by atoms with Crippen LogP contribution in [0.4, 0.5) is 4.79 Å². The van der Waals surface area contributed by atoms with Crippen molar-refractivity contribution in [2.45, 2.75) is 6.92 Å². The second-order valence-corrected chi connectivity index (χ2v) is 5.53. The lowest BCUT2D eigenvalue weighted by Gasteiger charge is -2.02. The molecule has 1 amide bonds. The molecule has 0 aliphatic rings. The lowest BCUT2D eigenvalue weighted by Crippen LogP contribution is -2.18. The molecule has 0 fully saturated rings. The Hall–Kier alpha value is -3.61. The summed E-state index contributed by atoms with van der Waals surface area (Å²) in [6.07, 6.45) is 2.80. The fourth-order valence-corrected chi connectivity index (χ4v) is 2.49. The van der Waals surface area contributed by atoms with Gasteiger partial charge in [0.15, 0.2) is 0 Å². The number of hydrazone groups is 1. The Labute approximate surface area is 157 Å². The van der Waals surface area contributed by atoms with Crippen molar-refractivity contribution in [2.75, 3.05) is 13.7 Å². The molecule has 7 heteroatoms. The Balaban J connectivity index is 1.94. The van der Waals surface area contributed by atoms with Crippen molar-refractivity contribution in [1.82, 2.24) is 15.2 Å². The predicted octanol–water partition coefficient (Wildman–Crippen LogP) is 3.63. The SMILES string of the molecule is CCOC(=O)N/N=C/c1cn(-c2ccccc2)nc1-c1ccc(OC)cc1. The van der Waals surface area contributed by atoms with Gasteiger partial charge in [-0.25, -0.2) is 14.9 Å². The van der Waals surface area contributed by atoms with E-state index in [0.29, 0.717) is 0 Å². The van der Waals surface area contributed by atoms with Gasteiger partial charge in [-0.05, 0) is 43.3 Å². The number of nitrogens with one attached hydrogen (secondary N) is 1. The van der Waals surface area contributed by atoms with E-state index >= 15 is 0 Å². The molecule has 3 rings (SSSR count). The van der Waals surface area contributed by atoms with Gasteiger partial charge in [0.25, 0.3) is 0 Å².